The van der Waals surface area contributed by atoms with E-state index in [2.05, 4.69) is 4.98 Å². The Morgan fingerprint density at radius 2 is 2.15 bits per heavy atom. The average molecular weight is 302 g/mol. The lowest BCUT2D eigenvalue weighted by molar-refractivity contribution is 0.102. The molecule has 1 aliphatic rings. The van der Waals surface area contributed by atoms with Crippen molar-refractivity contribution in [2.75, 3.05) is 6.35 Å². The maximum absolute atomic E-state index is 11.7. The van der Waals surface area contributed by atoms with E-state index in [1.54, 1.807) is 19.1 Å². The van der Waals surface area contributed by atoms with Gasteiger partial charge < -0.3 is 14.5 Å². The van der Waals surface area contributed by atoms with E-state index in [4.69, 9.17) is 14.5 Å². The third-order valence-corrected chi connectivity index (χ3v) is 3.47. The molecule has 20 heavy (non-hydrogen) atoms. The number of hydrogen-bond donors (Lipinski definition) is 3. The highest BCUT2D eigenvalue weighted by Gasteiger charge is 2.24. The fourth-order valence-corrected chi connectivity index (χ4v) is 2.39. The summed E-state index contributed by atoms with van der Waals surface area (Å²) in [6.45, 7) is 1.59. The maximum atomic E-state index is 11.7. The van der Waals surface area contributed by atoms with Gasteiger partial charge in [0.1, 0.15) is 6.35 Å². The molecule has 2 rings (SSSR count). The average Bonchev–Trinajstić information content (AvgIpc) is 2.79. The third kappa shape index (κ3) is 3.55. The summed E-state index contributed by atoms with van der Waals surface area (Å²) >= 11 is 0. The number of aromatic amines is 1. The number of allylic oxidation sites excluding steroid dienone is 1. The topological polar surface area (TPSA) is 122 Å². The summed E-state index contributed by atoms with van der Waals surface area (Å²) in [7, 11) is -4.21. The third-order valence-electron chi connectivity index (χ3n) is 2.98. The van der Waals surface area contributed by atoms with Crippen molar-refractivity contribution in [2.45, 2.75) is 25.5 Å². The van der Waals surface area contributed by atoms with Crippen LogP contribution < -0.4 is 11.2 Å². The summed E-state index contributed by atoms with van der Waals surface area (Å²) in [4.78, 5) is 42.7. The van der Waals surface area contributed by atoms with Crippen molar-refractivity contribution in [3.05, 3.63) is 44.8 Å². The largest absolute Gasteiger partial charge is 0.361 e. The van der Waals surface area contributed by atoms with E-state index >= 15 is 0 Å². The Morgan fingerprint density at radius 1 is 1.45 bits per heavy atom. The predicted molar refractivity (Wildman–Crippen MR) is 70.6 cm³/mol. The van der Waals surface area contributed by atoms with Gasteiger partial charge in [-0.1, -0.05) is 12.2 Å². The van der Waals surface area contributed by atoms with E-state index in [0.717, 1.165) is 0 Å². The predicted octanol–water partition coefficient (Wildman–Crippen LogP) is -0.134. The molecule has 0 spiro atoms. The molecule has 1 aromatic heterocycles. The molecule has 110 valence electrons. The first kappa shape index (κ1) is 14.9. The molecule has 0 aliphatic heterocycles. The monoisotopic (exact) mass is 302 g/mol. The molecule has 0 aromatic carbocycles. The van der Waals surface area contributed by atoms with Gasteiger partial charge in [-0.25, -0.2) is 4.79 Å². The molecule has 0 radical (unpaired) electrons. The van der Waals surface area contributed by atoms with Crippen LogP contribution in [0.4, 0.5) is 0 Å². The van der Waals surface area contributed by atoms with Crippen molar-refractivity contribution in [3.8, 4) is 0 Å². The summed E-state index contributed by atoms with van der Waals surface area (Å²) in [5, 5.41) is 0. The quantitative estimate of drug-likeness (QED) is 0.526. The lowest BCUT2D eigenvalue weighted by atomic mass is 10.2. The number of H-pyrrole nitrogens is 1. The molecule has 8 nitrogen and oxygen atoms in total. The maximum Gasteiger partial charge on any atom is 0.351 e. The smallest absolute Gasteiger partial charge is 0.351 e. The van der Waals surface area contributed by atoms with Crippen molar-refractivity contribution in [1.82, 2.24) is 9.55 Å². The number of nitrogens with one attached hydrogen (secondary N) is 1. The summed E-state index contributed by atoms with van der Waals surface area (Å²) in [6.07, 6.45) is 4.07. The molecule has 2 atom stereocenters. The zero-order valence-electron chi connectivity index (χ0n) is 10.7. The molecule has 0 saturated heterocycles. The molecular formula is C11H15N2O6P. The van der Waals surface area contributed by atoms with Gasteiger partial charge in [-0.15, -0.1) is 0 Å². The summed E-state index contributed by atoms with van der Waals surface area (Å²) in [5.41, 5.74) is -0.536. The van der Waals surface area contributed by atoms with Crippen LogP contribution in [-0.4, -0.2) is 31.8 Å². The minimum absolute atomic E-state index is 0.306. The fraction of sp³-hybridized carbons (Fsp3) is 0.455. The normalized spacial score (nSPS) is 22.4. The lowest BCUT2D eigenvalue weighted by Gasteiger charge is -2.15. The van der Waals surface area contributed by atoms with Crippen molar-refractivity contribution in [2.24, 2.45) is 0 Å². The Labute approximate surface area is 113 Å². The second-order valence-corrected chi connectivity index (χ2v) is 6.25. The van der Waals surface area contributed by atoms with E-state index in [1.165, 1.54) is 10.8 Å². The number of hydrogen-bond acceptors (Lipinski definition) is 4. The van der Waals surface area contributed by atoms with Crippen molar-refractivity contribution < 1.29 is 19.1 Å². The van der Waals surface area contributed by atoms with E-state index in [1.807, 2.05) is 0 Å². The molecule has 1 aromatic rings. The molecule has 0 saturated carbocycles. The van der Waals surface area contributed by atoms with Crippen molar-refractivity contribution in [1.29, 1.82) is 0 Å². The highest BCUT2D eigenvalue weighted by molar-refractivity contribution is 7.51. The van der Waals surface area contributed by atoms with Gasteiger partial charge in [0.15, 0.2) is 0 Å². The van der Waals surface area contributed by atoms with Gasteiger partial charge in [0.25, 0.3) is 5.56 Å². The fourth-order valence-electron chi connectivity index (χ4n) is 2.00. The molecule has 0 fully saturated rings. The van der Waals surface area contributed by atoms with Crippen LogP contribution >= 0.6 is 7.60 Å². The molecule has 0 bridgehead atoms. The second kappa shape index (κ2) is 5.49. The van der Waals surface area contributed by atoms with Crippen LogP contribution in [0.2, 0.25) is 0 Å². The van der Waals surface area contributed by atoms with Crippen LogP contribution in [0.5, 0.6) is 0 Å². The molecular weight excluding hydrogens is 287 g/mol. The Hall–Kier alpha value is -1.47. The Balaban J connectivity index is 2.09. The van der Waals surface area contributed by atoms with Crippen LogP contribution in [-0.2, 0) is 9.30 Å². The molecule has 1 aliphatic carbocycles. The SMILES string of the molecule is Cc1cn(C2C=CC(OCP(=O)(O)O)C2)c(=O)[nH]c1=O. The minimum Gasteiger partial charge on any atom is -0.361 e. The van der Waals surface area contributed by atoms with E-state index in [-0.39, 0.29) is 6.04 Å². The van der Waals surface area contributed by atoms with E-state index in [0.29, 0.717) is 12.0 Å². The number of rotatable bonds is 4. The first-order valence-corrected chi connectivity index (χ1v) is 7.72. The molecule has 3 N–H and O–H groups in total. The second-order valence-electron chi connectivity index (χ2n) is 4.67. The van der Waals surface area contributed by atoms with Crippen molar-refractivity contribution in [3.63, 3.8) is 0 Å². The number of ether oxygens (including phenoxy) is 1. The Bertz CT molecular complexity index is 685. The van der Waals surface area contributed by atoms with Gasteiger partial charge in [0.2, 0.25) is 0 Å². The van der Waals surface area contributed by atoms with Crippen LogP contribution in [0.1, 0.15) is 18.0 Å². The number of nitrogens with zero attached hydrogens (tertiary/aromatic N) is 1. The highest BCUT2D eigenvalue weighted by Crippen LogP contribution is 2.36. The summed E-state index contributed by atoms with van der Waals surface area (Å²) in [5.74, 6) is 0. The van der Waals surface area contributed by atoms with Gasteiger partial charge in [-0.3, -0.25) is 18.9 Å². The van der Waals surface area contributed by atoms with Crippen molar-refractivity contribution >= 4 is 7.60 Å². The molecule has 2 unspecified atom stereocenters. The summed E-state index contributed by atoms with van der Waals surface area (Å²) in [6, 6.07) is -0.306. The Morgan fingerprint density at radius 3 is 2.80 bits per heavy atom. The molecule has 0 amide bonds. The van der Waals surface area contributed by atoms with Gasteiger partial charge in [0.05, 0.1) is 12.1 Å². The minimum atomic E-state index is -4.21. The highest BCUT2D eigenvalue weighted by atomic mass is 31.2. The van der Waals surface area contributed by atoms with Gasteiger partial charge in [0, 0.05) is 18.2 Å². The first-order valence-electron chi connectivity index (χ1n) is 5.93. The summed E-state index contributed by atoms with van der Waals surface area (Å²) < 4.78 is 17.2. The zero-order valence-corrected chi connectivity index (χ0v) is 11.6. The first-order chi connectivity index (χ1) is 9.26. The van der Waals surface area contributed by atoms with Gasteiger partial charge >= 0.3 is 13.3 Å². The van der Waals surface area contributed by atoms with Gasteiger partial charge in [-0.05, 0) is 6.92 Å². The van der Waals surface area contributed by atoms with Crippen LogP contribution in [0, 0.1) is 6.92 Å². The van der Waals surface area contributed by atoms with Crippen LogP contribution in [0.25, 0.3) is 0 Å². The van der Waals surface area contributed by atoms with Crippen LogP contribution in [0.3, 0.4) is 0 Å². The van der Waals surface area contributed by atoms with E-state index in [9.17, 15) is 14.2 Å². The van der Waals surface area contributed by atoms with Gasteiger partial charge in [-0.2, -0.15) is 0 Å². The number of aryl methyl sites for hydroxylation is 1. The standard InChI is InChI=1S/C11H15N2O6P/c1-7-5-13(11(15)12-10(7)14)8-2-3-9(4-8)19-6-20(16,17)18/h2-3,5,8-9H,4,6H2,1H3,(H,12,14,15)(H2,16,17,18). The number of aromatic nitrogens is 2. The molecule has 9 heteroatoms. The Kier molecular flexibility index (Phi) is 4.10. The zero-order chi connectivity index (χ0) is 14.9. The molecule has 1 heterocycles. The lowest BCUT2D eigenvalue weighted by Crippen LogP contribution is -2.32. The van der Waals surface area contributed by atoms with E-state index < -0.39 is 31.3 Å². The van der Waals surface area contributed by atoms with Crippen LogP contribution in [0.15, 0.2) is 27.9 Å².